The van der Waals surface area contributed by atoms with E-state index in [9.17, 15) is 4.79 Å². The van der Waals surface area contributed by atoms with E-state index in [0.717, 1.165) is 61.5 Å². The molecule has 0 bridgehead atoms. The molecule has 0 radical (unpaired) electrons. The minimum Gasteiger partial charge on any atom is -0.340 e. The summed E-state index contributed by atoms with van der Waals surface area (Å²) < 4.78 is 0. The topological polar surface area (TPSA) is 90.0 Å². The fraction of sp³-hybridized carbons (Fsp3) is 0.517. The summed E-state index contributed by atoms with van der Waals surface area (Å²) in [5, 5.41) is 11.4. The smallest absolute Gasteiger partial charge is 0.245 e. The van der Waals surface area contributed by atoms with Gasteiger partial charge in [0, 0.05) is 43.4 Å². The van der Waals surface area contributed by atoms with Gasteiger partial charge in [-0.2, -0.15) is 10.1 Å². The van der Waals surface area contributed by atoms with E-state index in [4.69, 9.17) is 9.97 Å². The number of aromatic nitrogens is 4. The largest absolute Gasteiger partial charge is 0.340 e. The highest BCUT2D eigenvalue weighted by molar-refractivity contribution is 5.85. The first kappa shape index (κ1) is 23.9. The lowest BCUT2D eigenvalue weighted by atomic mass is 9.87. The van der Waals surface area contributed by atoms with Gasteiger partial charge in [0.15, 0.2) is 5.82 Å². The molecule has 8 heteroatoms. The molecule has 2 fully saturated rings. The Labute approximate surface area is 218 Å². The maximum absolute atomic E-state index is 13.5. The van der Waals surface area contributed by atoms with Gasteiger partial charge in [0.05, 0.1) is 5.69 Å². The number of fused-ring (bicyclic) bond motifs is 1. The average Bonchev–Trinajstić information content (AvgIpc) is 3.70. The van der Waals surface area contributed by atoms with Crippen molar-refractivity contribution in [1.82, 2.24) is 25.1 Å². The molecule has 3 aromatic rings. The van der Waals surface area contributed by atoms with Crippen LogP contribution in [0.25, 0.3) is 0 Å². The van der Waals surface area contributed by atoms with E-state index < -0.39 is 0 Å². The fourth-order valence-corrected chi connectivity index (χ4v) is 6.25. The Hall–Kier alpha value is -3.42. The predicted molar refractivity (Wildman–Crippen MR) is 145 cm³/mol. The maximum Gasteiger partial charge on any atom is 0.245 e. The van der Waals surface area contributed by atoms with Gasteiger partial charge in [-0.1, -0.05) is 49.6 Å². The second kappa shape index (κ2) is 10.5. The molecule has 3 heterocycles. The van der Waals surface area contributed by atoms with Crippen LogP contribution in [0.5, 0.6) is 0 Å². The number of hydrogen-bond acceptors (Lipinski definition) is 6. The molecule has 2 aromatic heterocycles. The minimum atomic E-state index is -0.232. The van der Waals surface area contributed by atoms with Crippen molar-refractivity contribution in [2.24, 2.45) is 0 Å². The molecule has 3 aliphatic rings. The average molecular weight is 500 g/mol. The monoisotopic (exact) mass is 499 g/mol. The molecule has 1 aliphatic heterocycles. The van der Waals surface area contributed by atoms with Crippen LogP contribution in [0.4, 0.5) is 17.6 Å². The van der Waals surface area contributed by atoms with Crippen molar-refractivity contribution >= 4 is 23.5 Å². The molecule has 1 amide bonds. The third kappa shape index (κ3) is 5.06. The summed E-state index contributed by atoms with van der Waals surface area (Å²) in [5.74, 6) is 3.03. The number of benzene rings is 1. The van der Waals surface area contributed by atoms with Crippen LogP contribution in [-0.4, -0.2) is 50.6 Å². The number of hydrogen-bond donors (Lipinski definition) is 2. The Morgan fingerprint density at radius 3 is 2.73 bits per heavy atom. The predicted octanol–water partition coefficient (Wildman–Crippen LogP) is 5.11. The van der Waals surface area contributed by atoms with Crippen LogP contribution in [0.15, 0.2) is 36.4 Å². The molecule has 194 valence electrons. The lowest BCUT2D eigenvalue weighted by Gasteiger charge is -2.28. The molecule has 1 aromatic carbocycles. The van der Waals surface area contributed by atoms with E-state index in [-0.39, 0.29) is 11.9 Å². The molecule has 2 N–H and O–H groups in total. The summed E-state index contributed by atoms with van der Waals surface area (Å²) >= 11 is 0. The number of rotatable bonds is 7. The SMILES string of the molecule is CN(Cc1ccccc1)C(=O)C1CCCN1c1nc2c(c(Nc3cc(C4CCCCC4)[nH]n3)n1)CCC2. The van der Waals surface area contributed by atoms with Crippen LogP contribution in [0.1, 0.15) is 79.8 Å². The number of H-pyrrole nitrogens is 1. The Kier molecular flexibility index (Phi) is 6.81. The van der Waals surface area contributed by atoms with E-state index >= 15 is 0 Å². The highest BCUT2D eigenvalue weighted by Crippen LogP contribution is 2.35. The number of nitrogens with one attached hydrogen (secondary N) is 2. The Morgan fingerprint density at radius 1 is 1.05 bits per heavy atom. The fourth-order valence-electron chi connectivity index (χ4n) is 6.25. The molecule has 1 unspecified atom stereocenters. The van der Waals surface area contributed by atoms with Crippen molar-refractivity contribution in [2.45, 2.75) is 82.7 Å². The lowest BCUT2D eigenvalue weighted by Crippen LogP contribution is -2.44. The van der Waals surface area contributed by atoms with Crippen molar-refractivity contribution in [2.75, 3.05) is 23.8 Å². The van der Waals surface area contributed by atoms with Crippen molar-refractivity contribution in [3.05, 3.63) is 58.9 Å². The number of anilines is 3. The van der Waals surface area contributed by atoms with Gasteiger partial charge in [-0.15, -0.1) is 0 Å². The maximum atomic E-state index is 13.5. The van der Waals surface area contributed by atoms with Crippen LogP contribution in [-0.2, 0) is 24.2 Å². The quantitative estimate of drug-likeness (QED) is 0.470. The van der Waals surface area contributed by atoms with Crippen molar-refractivity contribution in [3.8, 4) is 0 Å². The first-order valence-corrected chi connectivity index (χ1v) is 13.9. The summed E-state index contributed by atoms with van der Waals surface area (Å²) in [7, 11) is 1.89. The Morgan fingerprint density at radius 2 is 1.89 bits per heavy atom. The van der Waals surface area contributed by atoms with Crippen LogP contribution < -0.4 is 10.2 Å². The first-order chi connectivity index (χ1) is 18.2. The van der Waals surface area contributed by atoms with Crippen LogP contribution in [0.3, 0.4) is 0 Å². The van der Waals surface area contributed by atoms with Crippen LogP contribution >= 0.6 is 0 Å². The van der Waals surface area contributed by atoms with Crippen molar-refractivity contribution in [3.63, 3.8) is 0 Å². The lowest BCUT2D eigenvalue weighted by molar-refractivity contribution is -0.131. The molecule has 1 atom stereocenters. The van der Waals surface area contributed by atoms with Gasteiger partial charge in [-0.05, 0) is 50.5 Å². The third-order valence-corrected chi connectivity index (χ3v) is 8.24. The van der Waals surface area contributed by atoms with Gasteiger partial charge in [0.1, 0.15) is 11.9 Å². The molecule has 1 saturated heterocycles. The van der Waals surface area contributed by atoms with Crippen molar-refractivity contribution < 1.29 is 4.79 Å². The summed E-state index contributed by atoms with van der Waals surface area (Å²) in [5.41, 5.74) is 4.65. The highest BCUT2D eigenvalue weighted by atomic mass is 16.2. The van der Waals surface area contributed by atoms with Crippen molar-refractivity contribution in [1.29, 1.82) is 0 Å². The number of aryl methyl sites for hydroxylation is 1. The zero-order valence-electron chi connectivity index (χ0n) is 21.7. The molecule has 2 aliphatic carbocycles. The van der Waals surface area contributed by atoms with Gasteiger partial charge in [0.2, 0.25) is 11.9 Å². The summed E-state index contributed by atoms with van der Waals surface area (Å²) in [4.78, 5) is 27.4. The number of likely N-dealkylation sites (N-methyl/N-ethyl adjacent to an activating group) is 1. The van der Waals surface area contributed by atoms with Crippen LogP contribution in [0, 0.1) is 0 Å². The summed E-state index contributed by atoms with van der Waals surface area (Å²) in [6.45, 7) is 1.40. The first-order valence-electron chi connectivity index (χ1n) is 13.9. The minimum absolute atomic E-state index is 0.129. The molecule has 0 spiro atoms. The van der Waals surface area contributed by atoms with Gasteiger partial charge in [-0.3, -0.25) is 9.89 Å². The zero-order chi connectivity index (χ0) is 25.2. The Balaban J connectivity index is 1.22. The normalized spacial score (nSPS) is 19.7. The second-order valence-corrected chi connectivity index (χ2v) is 10.9. The highest BCUT2D eigenvalue weighted by Gasteiger charge is 2.35. The van der Waals surface area contributed by atoms with Gasteiger partial charge in [0.25, 0.3) is 0 Å². The zero-order valence-corrected chi connectivity index (χ0v) is 21.7. The number of amides is 1. The Bertz CT molecular complexity index is 1230. The molecule has 6 rings (SSSR count). The molecular weight excluding hydrogens is 462 g/mol. The molecule has 37 heavy (non-hydrogen) atoms. The van der Waals surface area contributed by atoms with Gasteiger partial charge in [-0.25, -0.2) is 4.98 Å². The molecule has 1 saturated carbocycles. The van der Waals surface area contributed by atoms with Gasteiger partial charge < -0.3 is 15.1 Å². The molecular formula is C29H37N7O. The van der Waals surface area contributed by atoms with Gasteiger partial charge >= 0.3 is 0 Å². The number of carbonyl (C=O) groups is 1. The van der Waals surface area contributed by atoms with E-state index in [1.165, 1.54) is 43.4 Å². The summed E-state index contributed by atoms with van der Waals surface area (Å²) in [6.07, 6.45) is 11.2. The van der Waals surface area contributed by atoms with E-state index in [0.29, 0.717) is 18.4 Å². The van der Waals surface area contributed by atoms with E-state index in [1.807, 2.05) is 30.1 Å². The third-order valence-electron chi connectivity index (χ3n) is 8.24. The standard InChI is InChI=1S/C29H37N7O/c1-35(19-20-10-4-2-5-11-20)28(37)25-16-9-17-36(25)29-30-23-15-8-14-22(23)27(32-29)31-26-18-24(33-34-26)21-12-6-3-7-13-21/h2,4-5,10-11,18,21,25H,3,6-9,12-17,19H2,1H3,(H2,30,31,32,33,34). The van der Waals surface area contributed by atoms with E-state index in [1.54, 1.807) is 0 Å². The molecule has 8 nitrogen and oxygen atoms in total. The van der Waals surface area contributed by atoms with E-state index in [2.05, 4.69) is 38.6 Å². The second-order valence-electron chi connectivity index (χ2n) is 10.9. The number of carbonyl (C=O) groups excluding carboxylic acids is 1. The summed E-state index contributed by atoms with van der Waals surface area (Å²) in [6, 6.07) is 12.1. The number of aromatic amines is 1. The van der Waals surface area contributed by atoms with Crippen LogP contribution in [0.2, 0.25) is 0 Å². The number of nitrogens with zero attached hydrogens (tertiary/aromatic N) is 5.